The third-order valence-corrected chi connectivity index (χ3v) is 3.55. The van der Waals surface area contributed by atoms with Gasteiger partial charge in [0.25, 0.3) is 11.6 Å². The van der Waals surface area contributed by atoms with Crippen molar-refractivity contribution in [3.8, 4) is 11.8 Å². The molecule has 2 aromatic carbocycles. The number of hydrogen-bond acceptors (Lipinski definition) is 6. The van der Waals surface area contributed by atoms with Crippen LogP contribution in [0.25, 0.3) is 0 Å². The molecule has 0 aliphatic rings. The molecule has 8 nitrogen and oxygen atoms in total. The average Bonchev–Trinajstić information content (AvgIpc) is 2.70. The highest BCUT2D eigenvalue weighted by Gasteiger charge is 2.11. The molecule has 0 saturated heterocycles. The van der Waals surface area contributed by atoms with Gasteiger partial charge in [-0.1, -0.05) is 25.5 Å². The molecule has 8 heteroatoms. The van der Waals surface area contributed by atoms with Crippen molar-refractivity contribution in [1.29, 1.82) is 5.26 Å². The predicted octanol–water partition coefficient (Wildman–Crippen LogP) is 3.17. The van der Waals surface area contributed by atoms with Crippen molar-refractivity contribution < 1.29 is 14.5 Å². The summed E-state index contributed by atoms with van der Waals surface area (Å²) in [7, 11) is 0. The molecule has 2 rings (SSSR count). The molecule has 0 bridgehead atoms. The van der Waals surface area contributed by atoms with Crippen LogP contribution in [-0.4, -0.2) is 23.1 Å². The highest BCUT2D eigenvalue weighted by atomic mass is 16.6. The molecule has 0 atom stereocenters. The summed E-state index contributed by atoms with van der Waals surface area (Å²) in [6.07, 6.45) is 1.32. The minimum atomic E-state index is -0.475. The second kappa shape index (κ2) is 9.68. The van der Waals surface area contributed by atoms with Gasteiger partial charge in [-0.3, -0.25) is 14.9 Å². The Bertz CT molecular complexity index is 885. The smallest absolute Gasteiger partial charge is 0.277 e. The lowest BCUT2D eigenvalue weighted by Gasteiger charge is -2.08. The molecule has 0 unspecified atom stereocenters. The van der Waals surface area contributed by atoms with E-state index in [0.29, 0.717) is 29.0 Å². The number of non-ortho nitro benzene ring substituents is 1. The number of rotatable bonds is 8. The Hall–Kier alpha value is -3.73. The van der Waals surface area contributed by atoms with Gasteiger partial charge in [0.05, 0.1) is 22.3 Å². The fourth-order valence-corrected chi connectivity index (χ4v) is 2.24. The van der Waals surface area contributed by atoms with Crippen molar-refractivity contribution >= 4 is 17.3 Å². The van der Waals surface area contributed by atoms with Gasteiger partial charge in [0.15, 0.2) is 6.61 Å². The zero-order chi connectivity index (χ0) is 19.6. The number of nitriles is 1. The Labute approximate surface area is 156 Å². The summed E-state index contributed by atoms with van der Waals surface area (Å²) in [6, 6.07) is 14.5. The first kappa shape index (κ1) is 19.6. The molecule has 0 fully saturated rings. The van der Waals surface area contributed by atoms with E-state index in [0.717, 1.165) is 6.42 Å². The van der Waals surface area contributed by atoms with Crippen LogP contribution < -0.4 is 10.2 Å². The Morgan fingerprint density at radius 3 is 2.67 bits per heavy atom. The SMILES string of the molecule is CCC/C(=N/NC(=O)COc1ccc(C#N)cc1)c1cccc([N+](=O)[O-])c1. The topological polar surface area (TPSA) is 118 Å². The van der Waals surface area contributed by atoms with E-state index in [1.54, 1.807) is 36.4 Å². The zero-order valence-electron chi connectivity index (χ0n) is 14.7. The minimum Gasteiger partial charge on any atom is -0.484 e. The van der Waals surface area contributed by atoms with Crippen LogP contribution in [0.2, 0.25) is 0 Å². The van der Waals surface area contributed by atoms with E-state index in [-0.39, 0.29) is 12.3 Å². The number of hydrazone groups is 1. The third kappa shape index (κ3) is 5.93. The first-order valence-electron chi connectivity index (χ1n) is 8.26. The maximum Gasteiger partial charge on any atom is 0.277 e. The van der Waals surface area contributed by atoms with Gasteiger partial charge >= 0.3 is 0 Å². The number of nitro groups is 1. The first-order valence-corrected chi connectivity index (χ1v) is 8.26. The van der Waals surface area contributed by atoms with Crippen LogP contribution >= 0.6 is 0 Å². The maximum absolute atomic E-state index is 12.0. The summed E-state index contributed by atoms with van der Waals surface area (Å²) in [5.74, 6) is -0.000936. The van der Waals surface area contributed by atoms with Gasteiger partial charge in [0.1, 0.15) is 5.75 Å². The lowest BCUT2D eigenvalue weighted by molar-refractivity contribution is -0.384. The van der Waals surface area contributed by atoms with Crippen molar-refractivity contribution in [2.75, 3.05) is 6.61 Å². The van der Waals surface area contributed by atoms with E-state index in [4.69, 9.17) is 10.00 Å². The second-order valence-corrected chi connectivity index (χ2v) is 5.58. The highest BCUT2D eigenvalue weighted by molar-refractivity contribution is 6.01. The van der Waals surface area contributed by atoms with Crippen LogP contribution in [0.3, 0.4) is 0 Å². The summed E-state index contributed by atoms with van der Waals surface area (Å²) < 4.78 is 5.34. The molecule has 0 radical (unpaired) electrons. The molecule has 1 amide bonds. The number of carbonyl (C=O) groups is 1. The minimum absolute atomic E-state index is 0.0354. The largest absolute Gasteiger partial charge is 0.484 e. The van der Waals surface area contributed by atoms with Gasteiger partial charge in [-0.25, -0.2) is 5.43 Å². The van der Waals surface area contributed by atoms with Gasteiger partial charge in [-0.15, -0.1) is 0 Å². The Morgan fingerprint density at radius 1 is 1.30 bits per heavy atom. The number of nitro benzene ring substituents is 1. The molecular formula is C19H18N4O4. The van der Waals surface area contributed by atoms with E-state index in [1.165, 1.54) is 12.1 Å². The highest BCUT2D eigenvalue weighted by Crippen LogP contribution is 2.16. The molecule has 0 saturated carbocycles. The molecule has 0 aromatic heterocycles. The molecule has 138 valence electrons. The van der Waals surface area contributed by atoms with E-state index in [2.05, 4.69) is 10.5 Å². The molecule has 0 heterocycles. The van der Waals surface area contributed by atoms with Gasteiger partial charge in [0.2, 0.25) is 0 Å². The van der Waals surface area contributed by atoms with Crippen molar-refractivity contribution in [1.82, 2.24) is 5.43 Å². The normalized spacial score (nSPS) is 10.7. The van der Waals surface area contributed by atoms with E-state index >= 15 is 0 Å². The molecule has 0 spiro atoms. The van der Waals surface area contributed by atoms with Crippen molar-refractivity contribution in [3.63, 3.8) is 0 Å². The number of benzene rings is 2. The van der Waals surface area contributed by atoms with E-state index < -0.39 is 10.8 Å². The average molecular weight is 366 g/mol. The summed E-state index contributed by atoms with van der Waals surface area (Å²) >= 11 is 0. The number of ether oxygens (including phenoxy) is 1. The molecule has 0 aliphatic heterocycles. The van der Waals surface area contributed by atoms with Crippen LogP contribution in [0.15, 0.2) is 53.6 Å². The van der Waals surface area contributed by atoms with Gasteiger partial charge in [-0.05, 0) is 30.7 Å². The monoisotopic (exact) mass is 366 g/mol. The zero-order valence-corrected chi connectivity index (χ0v) is 14.7. The number of hydrogen-bond donors (Lipinski definition) is 1. The summed E-state index contributed by atoms with van der Waals surface area (Å²) in [4.78, 5) is 22.4. The van der Waals surface area contributed by atoms with Gasteiger partial charge in [-0.2, -0.15) is 10.4 Å². The number of amides is 1. The quantitative estimate of drug-likeness (QED) is 0.437. The van der Waals surface area contributed by atoms with Crippen LogP contribution in [-0.2, 0) is 4.79 Å². The van der Waals surface area contributed by atoms with Crippen molar-refractivity contribution in [3.05, 3.63) is 69.8 Å². The fraction of sp³-hybridized carbons (Fsp3) is 0.211. The second-order valence-electron chi connectivity index (χ2n) is 5.58. The Kier molecular flexibility index (Phi) is 7.02. The maximum atomic E-state index is 12.0. The third-order valence-electron chi connectivity index (χ3n) is 3.55. The fourth-order valence-electron chi connectivity index (χ4n) is 2.24. The van der Waals surface area contributed by atoms with Crippen molar-refractivity contribution in [2.24, 2.45) is 5.10 Å². The molecule has 1 N–H and O–H groups in total. The van der Waals surface area contributed by atoms with Crippen molar-refractivity contribution in [2.45, 2.75) is 19.8 Å². The van der Waals surface area contributed by atoms with Crippen LogP contribution in [0.4, 0.5) is 5.69 Å². The number of nitrogens with one attached hydrogen (secondary N) is 1. The lowest BCUT2D eigenvalue weighted by Crippen LogP contribution is -2.26. The van der Waals surface area contributed by atoms with Gasteiger partial charge in [0, 0.05) is 17.7 Å². The van der Waals surface area contributed by atoms with Crippen LogP contribution in [0, 0.1) is 21.4 Å². The lowest BCUT2D eigenvalue weighted by atomic mass is 10.1. The van der Waals surface area contributed by atoms with E-state index in [1.807, 2.05) is 13.0 Å². The Balaban J connectivity index is 2.01. The summed E-state index contributed by atoms with van der Waals surface area (Å²) in [5.41, 5.74) is 4.00. The van der Waals surface area contributed by atoms with Gasteiger partial charge < -0.3 is 4.74 Å². The standard InChI is InChI=1S/C19H18N4O4/c1-2-4-18(15-5-3-6-16(11-15)23(25)26)21-22-19(24)13-27-17-9-7-14(12-20)8-10-17/h3,5-11H,2,4,13H2,1H3,(H,22,24)/b21-18-. The molecule has 2 aromatic rings. The molecule has 27 heavy (non-hydrogen) atoms. The number of carbonyl (C=O) groups excluding carboxylic acids is 1. The summed E-state index contributed by atoms with van der Waals surface area (Å²) in [5, 5.41) is 23.8. The first-order chi connectivity index (χ1) is 13.0. The van der Waals surface area contributed by atoms with E-state index in [9.17, 15) is 14.9 Å². The molecule has 0 aliphatic carbocycles. The summed E-state index contributed by atoms with van der Waals surface area (Å²) in [6.45, 7) is 1.70. The predicted molar refractivity (Wildman–Crippen MR) is 99.3 cm³/mol. The Morgan fingerprint density at radius 2 is 2.04 bits per heavy atom. The van der Waals surface area contributed by atoms with Crippen LogP contribution in [0.5, 0.6) is 5.75 Å². The van der Waals surface area contributed by atoms with Crippen LogP contribution in [0.1, 0.15) is 30.9 Å². The molecular weight excluding hydrogens is 348 g/mol. The number of nitrogens with zero attached hydrogens (tertiary/aromatic N) is 3.